The number of aromatic carboxylic acids is 1. The Morgan fingerprint density at radius 2 is 1.48 bits per heavy atom. The minimum absolute atomic E-state index is 0.313. The van der Waals surface area contributed by atoms with E-state index in [1.54, 1.807) is 12.1 Å². The molecule has 1 atom stereocenters. The van der Waals surface area contributed by atoms with Crippen LogP contribution in [0.1, 0.15) is 45.5 Å². The molecule has 5 rings (SSSR count). The molecule has 5 aromatic rings. The summed E-state index contributed by atoms with van der Waals surface area (Å²) >= 11 is 0. The van der Waals surface area contributed by atoms with Crippen LogP contribution in [-0.2, 0) is 25.9 Å². The Bertz CT molecular complexity index is 1630. The zero-order valence-corrected chi connectivity index (χ0v) is 25.6. The van der Waals surface area contributed by atoms with Crippen molar-refractivity contribution in [1.29, 1.82) is 0 Å². The zero-order valence-electron chi connectivity index (χ0n) is 25.6. The van der Waals surface area contributed by atoms with Gasteiger partial charge in [-0.05, 0) is 108 Å². The second-order valence-corrected chi connectivity index (χ2v) is 12.2. The van der Waals surface area contributed by atoms with Crippen molar-refractivity contribution in [3.63, 3.8) is 0 Å². The lowest BCUT2D eigenvalue weighted by molar-refractivity contribution is 0.0697. The fourth-order valence-corrected chi connectivity index (χ4v) is 5.35. The van der Waals surface area contributed by atoms with Gasteiger partial charge in [0.05, 0.1) is 26.7 Å². The van der Waals surface area contributed by atoms with Crippen molar-refractivity contribution in [2.24, 2.45) is 5.92 Å². The van der Waals surface area contributed by atoms with Crippen LogP contribution in [0.15, 0.2) is 97.1 Å². The molecule has 0 amide bonds. The number of hydrogen-bond acceptors (Lipinski definition) is 5. The van der Waals surface area contributed by atoms with Gasteiger partial charge < -0.3 is 9.84 Å². The molecule has 0 bridgehead atoms. The van der Waals surface area contributed by atoms with Crippen LogP contribution in [0.25, 0.3) is 11.4 Å². The fraction of sp³-hybridized carbons (Fsp3) is 0.278. The van der Waals surface area contributed by atoms with Gasteiger partial charge in [-0.25, -0.2) is 4.79 Å². The Morgan fingerprint density at radius 3 is 2.14 bits per heavy atom. The van der Waals surface area contributed by atoms with Crippen LogP contribution >= 0.6 is 0 Å². The van der Waals surface area contributed by atoms with Gasteiger partial charge in [-0.15, -0.1) is 10.2 Å². The Kier molecular flexibility index (Phi) is 9.82. The smallest absolute Gasteiger partial charge is 0.335 e. The Labute approximate surface area is 258 Å². The molecule has 1 unspecified atom stereocenters. The number of rotatable bonds is 14. The van der Waals surface area contributed by atoms with Gasteiger partial charge in [0, 0.05) is 5.56 Å². The van der Waals surface area contributed by atoms with Crippen LogP contribution in [-0.4, -0.2) is 52.8 Å². The third-order valence-corrected chi connectivity index (χ3v) is 8.02. The van der Waals surface area contributed by atoms with Crippen molar-refractivity contribution < 1.29 is 14.6 Å². The molecule has 8 heteroatoms. The maximum Gasteiger partial charge on any atom is 0.335 e. The molecule has 226 valence electrons. The second kappa shape index (κ2) is 14.1. The number of nitrogens with zero attached hydrogens (tertiary/aromatic N) is 4. The minimum atomic E-state index is -0.902. The number of hydrogen-bond donors (Lipinski definition) is 2. The molecule has 1 heterocycles. The molecule has 8 nitrogen and oxygen atoms in total. The normalized spacial score (nSPS) is 12.2. The quantitative estimate of drug-likeness (QED) is 0.139. The molecule has 0 saturated carbocycles. The number of aryl methyl sites for hydroxylation is 2. The molecule has 0 aliphatic heterocycles. The molecule has 0 aliphatic rings. The molecule has 0 spiro atoms. The Morgan fingerprint density at radius 1 is 0.818 bits per heavy atom. The summed E-state index contributed by atoms with van der Waals surface area (Å²) in [5.41, 5.74) is 7.25. The standard InChI is InChI=1S/C36H39N5O3/c1-41(2,3)33-22-15-29(16-23-33)25-44-34-7-5-4-6-30(34)17-12-27(9-8-26-10-20-32(21-11-26)36(42)43)24-28-13-18-31(19-14-28)35-37-39-40-38-35/h4-7,10-11,13-16,18-23,27H,8-9,12,17,24-25H2,1-3H3,(H-,37,38,39,40,42,43)/p+1. The summed E-state index contributed by atoms with van der Waals surface area (Å²) in [6, 6.07) is 32.5. The molecule has 1 aromatic heterocycles. The SMILES string of the molecule is C[N+](C)(C)c1ccc(COc2ccccc2CCC(CCc2ccc(C(=O)O)cc2)Cc2ccc(-c3nn[nH]n3)cc2)cc1. The van der Waals surface area contributed by atoms with Crippen molar-refractivity contribution in [1.82, 2.24) is 25.1 Å². The monoisotopic (exact) mass is 590 g/mol. The number of benzene rings is 4. The predicted molar refractivity (Wildman–Crippen MR) is 174 cm³/mol. The number of aromatic nitrogens is 4. The summed E-state index contributed by atoms with van der Waals surface area (Å²) < 4.78 is 7.11. The van der Waals surface area contributed by atoms with Crippen LogP contribution in [0, 0.1) is 5.92 Å². The number of quaternary nitrogens is 1. The van der Waals surface area contributed by atoms with Crippen LogP contribution in [0.4, 0.5) is 5.69 Å². The van der Waals surface area contributed by atoms with Crippen molar-refractivity contribution in [2.75, 3.05) is 21.1 Å². The Hall–Kier alpha value is -4.82. The summed E-state index contributed by atoms with van der Waals surface area (Å²) in [4.78, 5) is 11.3. The van der Waals surface area contributed by atoms with Gasteiger partial charge in [0.15, 0.2) is 0 Å². The lowest BCUT2D eigenvalue weighted by Crippen LogP contribution is -2.34. The van der Waals surface area contributed by atoms with E-state index in [1.165, 1.54) is 16.8 Å². The van der Waals surface area contributed by atoms with Crippen LogP contribution in [0.5, 0.6) is 5.75 Å². The minimum Gasteiger partial charge on any atom is -0.489 e. The van der Waals surface area contributed by atoms with Crippen molar-refractivity contribution in [3.8, 4) is 17.1 Å². The summed E-state index contributed by atoms with van der Waals surface area (Å²) in [7, 11) is 6.49. The number of aromatic amines is 1. The molecule has 2 N–H and O–H groups in total. The first-order chi connectivity index (χ1) is 21.2. The van der Waals surface area contributed by atoms with E-state index in [1.807, 2.05) is 30.3 Å². The summed E-state index contributed by atoms with van der Waals surface area (Å²) in [5.74, 6) is 1.02. The lowest BCUT2D eigenvalue weighted by Gasteiger charge is -2.23. The van der Waals surface area contributed by atoms with Gasteiger partial charge in [-0.3, -0.25) is 4.48 Å². The molecule has 4 aromatic carbocycles. The van der Waals surface area contributed by atoms with E-state index in [0.717, 1.165) is 59.0 Å². The number of H-pyrrole nitrogens is 1. The van der Waals surface area contributed by atoms with Crippen LogP contribution in [0.3, 0.4) is 0 Å². The van der Waals surface area contributed by atoms with E-state index in [2.05, 4.69) is 96.4 Å². The van der Waals surface area contributed by atoms with Gasteiger partial charge in [0.1, 0.15) is 18.0 Å². The van der Waals surface area contributed by atoms with Crippen molar-refractivity contribution in [3.05, 3.63) is 125 Å². The summed E-state index contributed by atoms with van der Waals surface area (Å²) in [5, 5.41) is 23.6. The predicted octanol–water partition coefficient (Wildman–Crippen LogP) is 6.76. The number of nitrogens with one attached hydrogen (secondary N) is 1. The third-order valence-electron chi connectivity index (χ3n) is 8.02. The van der Waals surface area contributed by atoms with Gasteiger partial charge in [-0.2, -0.15) is 5.21 Å². The van der Waals surface area contributed by atoms with Crippen LogP contribution in [0.2, 0.25) is 0 Å². The van der Waals surface area contributed by atoms with E-state index in [-0.39, 0.29) is 0 Å². The molecule has 0 aliphatic carbocycles. The maximum atomic E-state index is 11.3. The first-order valence-corrected chi connectivity index (χ1v) is 15.0. The van der Waals surface area contributed by atoms with E-state index in [9.17, 15) is 9.90 Å². The van der Waals surface area contributed by atoms with Gasteiger partial charge in [0.25, 0.3) is 0 Å². The number of carboxylic acids is 1. The van der Waals surface area contributed by atoms with E-state index >= 15 is 0 Å². The molecule has 44 heavy (non-hydrogen) atoms. The lowest BCUT2D eigenvalue weighted by atomic mass is 9.87. The first-order valence-electron chi connectivity index (χ1n) is 15.0. The Balaban J connectivity index is 1.26. The molecular formula is C36H40N5O3+. The van der Waals surface area contributed by atoms with E-state index in [0.29, 0.717) is 23.9 Å². The highest BCUT2D eigenvalue weighted by Crippen LogP contribution is 2.27. The molecule has 0 saturated heterocycles. The number of tetrazole rings is 1. The molecule has 0 radical (unpaired) electrons. The highest BCUT2D eigenvalue weighted by molar-refractivity contribution is 5.87. The van der Waals surface area contributed by atoms with Crippen molar-refractivity contribution >= 4 is 11.7 Å². The average Bonchev–Trinajstić information content (AvgIpc) is 3.57. The number of ether oxygens (including phenoxy) is 1. The maximum absolute atomic E-state index is 11.3. The largest absolute Gasteiger partial charge is 0.489 e. The molecule has 0 fully saturated rings. The fourth-order valence-electron chi connectivity index (χ4n) is 5.35. The molecular weight excluding hydrogens is 550 g/mol. The van der Waals surface area contributed by atoms with Gasteiger partial charge in [-0.1, -0.05) is 54.6 Å². The highest BCUT2D eigenvalue weighted by atomic mass is 16.5. The number of carboxylic acid groups (broad SMARTS) is 1. The third kappa shape index (κ3) is 8.39. The number of carbonyl (C=O) groups is 1. The summed E-state index contributed by atoms with van der Waals surface area (Å²) in [6.07, 6.45) is 4.70. The second-order valence-electron chi connectivity index (χ2n) is 12.2. The van der Waals surface area contributed by atoms with E-state index in [4.69, 9.17) is 4.74 Å². The highest BCUT2D eigenvalue weighted by Gasteiger charge is 2.15. The first kappa shape index (κ1) is 30.6. The van der Waals surface area contributed by atoms with E-state index < -0.39 is 5.97 Å². The number of para-hydroxylation sites is 1. The topological polar surface area (TPSA) is 101 Å². The van der Waals surface area contributed by atoms with Gasteiger partial charge >= 0.3 is 5.97 Å². The van der Waals surface area contributed by atoms with Crippen LogP contribution < -0.4 is 9.22 Å². The average molecular weight is 591 g/mol. The van der Waals surface area contributed by atoms with Crippen molar-refractivity contribution in [2.45, 2.75) is 38.7 Å². The van der Waals surface area contributed by atoms with Gasteiger partial charge in [0.2, 0.25) is 5.82 Å². The zero-order chi connectivity index (χ0) is 30.9. The summed E-state index contributed by atoms with van der Waals surface area (Å²) in [6.45, 7) is 0.525.